The Hall–Kier alpha value is -5.34. The van der Waals surface area contributed by atoms with Gasteiger partial charge >= 0.3 is 18.1 Å². The average molecular weight is 807 g/mol. The molecule has 17 nitrogen and oxygen atoms in total. The summed E-state index contributed by atoms with van der Waals surface area (Å²) in [5.41, 5.74) is 3.19. The molecule has 3 rings (SSSR count). The Morgan fingerprint density at radius 2 is 1.61 bits per heavy atom. The number of carbonyl (C=O) groups excluding carboxylic acids is 5. The number of nitrogens with two attached hydrogens (primary N) is 1. The Labute approximate surface area is 326 Å². The maximum atomic E-state index is 13.7. The average Bonchev–Trinajstić information content (AvgIpc) is 3.15. The van der Waals surface area contributed by atoms with Gasteiger partial charge in [0.25, 0.3) is 11.5 Å². The first kappa shape index (κ1) is 46.0. The summed E-state index contributed by atoms with van der Waals surface area (Å²) < 4.78 is 57.8. The third kappa shape index (κ3) is 12.8. The summed E-state index contributed by atoms with van der Waals surface area (Å²) in [6.07, 6.45) is -3.98. The van der Waals surface area contributed by atoms with E-state index in [1.54, 1.807) is 20.8 Å². The number of methoxy groups -OCH3 is 1. The number of hydrogen-bond donors (Lipinski definition) is 4. The van der Waals surface area contributed by atoms with E-state index in [0.717, 1.165) is 37.6 Å². The van der Waals surface area contributed by atoms with Crippen molar-refractivity contribution in [3.8, 4) is 0 Å². The van der Waals surface area contributed by atoms with E-state index in [0.29, 0.717) is 24.5 Å². The lowest BCUT2D eigenvalue weighted by Gasteiger charge is -2.41. The van der Waals surface area contributed by atoms with Gasteiger partial charge in [-0.2, -0.15) is 18.2 Å². The summed E-state index contributed by atoms with van der Waals surface area (Å²) in [4.78, 5) is 90.3. The van der Waals surface area contributed by atoms with E-state index in [1.807, 2.05) is 20.8 Å². The molecule has 0 bridgehead atoms. The van der Waals surface area contributed by atoms with Gasteiger partial charge in [0.2, 0.25) is 11.9 Å². The van der Waals surface area contributed by atoms with Crippen molar-refractivity contribution in [3.63, 3.8) is 0 Å². The first-order valence-electron chi connectivity index (χ1n) is 18.0. The Morgan fingerprint density at radius 1 is 0.965 bits per heavy atom. The molecule has 1 unspecified atom stereocenters. The second-order valence-corrected chi connectivity index (χ2v) is 14.4. The lowest BCUT2D eigenvalue weighted by molar-refractivity contribution is -0.276. The Kier molecular flexibility index (Phi) is 15.9. The van der Waals surface area contributed by atoms with Gasteiger partial charge in [-0.15, -0.1) is 0 Å². The number of H-pyrrole nitrogens is 1. The molecule has 0 aliphatic rings. The number of alkyl halides is 3. The fourth-order valence-corrected chi connectivity index (χ4v) is 5.07. The molecule has 57 heavy (non-hydrogen) atoms. The fraction of sp³-hybridized carbons (Fsp3) is 0.541. The smallest absolute Gasteiger partial charge is 0.467 e. The monoisotopic (exact) mass is 806 g/mol. The number of benzene rings is 1. The van der Waals surface area contributed by atoms with Gasteiger partial charge in [0.1, 0.15) is 11.8 Å². The highest BCUT2D eigenvalue weighted by molar-refractivity contribution is 5.99. The van der Waals surface area contributed by atoms with E-state index in [-0.39, 0.29) is 71.1 Å². The van der Waals surface area contributed by atoms with Crippen LogP contribution in [0.4, 0.5) is 24.8 Å². The highest BCUT2D eigenvalue weighted by Gasteiger charge is 2.43. The van der Waals surface area contributed by atoms with Crippen LogP contribution in [0.25, 0.3) is 11.2 Å². The summed E-state index contributed by atoms with van der Waals surface area (Å²) in [6, 6.07) is 3.20. The maximum absolute atomic E-state index is 13.7. The minimum absolute atomic E-state index is 0.0802. The second kappa shape index (κ2) is 19.7. The molecule has 3 amide bonds. The van der Waals surface area contributed by atoms with E-state index in [4.69, 9.17) is 19.9 Å². The molecule has 2 heterocycles. The van der Waals surface area contributed by atoms with Crippen LogP contribution in [0.3, 0.4) is 0 Å². The zero-order valence-electron chi connectivity index (χ0n) is 32.9. The van der Waals surface area contributed by atoms with Gasteiger partial charge in [-0.25, -0.2) is 14.8 Å². The number of carbonyl (C=O) groups is 5. The molecule has 312 valence electrons. The van der Waals surface area contributed by atoms with Crippen LogP contribution in [0.15, 0.2) is 35.3 Å². The van der Waals surface area contributed by atoms with Gasteiger partial charge in [-0.3, -0.25) is 39.2 Å². The molecule has 0 aliphatic carbocycles. The van der Waals surface area contributed by atoms with Crippen molar-refractivity contribution in [2.75, 3.05) is 37.1 Å². The van der Waals surface area contributed by atoms with E-state index >= 15 is 0 Å². The number of rotatable bonds is 19. The van der Waals surface area contributed by atoms with Gasteiger partial charge in [0, 0.05) is 42.0 Å². The predicted octanol–water partition coefficient (Wildman–Crippen LogP) is 3.56. The molecule has 2 atom stereocenters. The standard InChI is InChI=1S/C37H49F3N8O9/c1-21(2)29(50)46-34-45-28-27(31(52)47-34)43-23(19-42-28)20-48(33(54)37(38,39)40)24-12-10-22(11-13-24)30(51)44-26(32(53)55-7)15-14-25(49)9-8-17-56-36(6,35(3,4)5)57-18-16-41/h10-13,19,21,26H,8-9,14-18,20,41H2,1-7H3,(H,44,51)(H2,42,45,46,47,50,52)/t26-,36?/m0/s1. The zero-order valence-corrected chi connectivity index (χ0v) is 32.9. The van der Waals surface area contributed by atoms with Crippen molar-refractivity contribution in [1.29, 1.82) is 0 Å². The lowest BCUT2D eigenvalue weighted by atomic mass is 9.86. The molecule has 0 radical (unpaired) electrons. The number of ether oxygens (including phenoxy) is 3. The quantitative estimate of drug-likeness (QED) is 0.0771. The molecule has 2 aromatic heterocycles. The van der Waals surface area contributed by atoms with Gasteiger partial charge in [0.15, 0.2) is 17.0 Å². The van der Waals surface area contributed by atoms with Crippen LogP contribution in [0.2, 0.25) is 0 Å². The van der Waals surface area contributed by atoms with Gasteiger partial charge in [-0.1, -0.05) is 34.6 Å². The predicted molar refractivity (Wildman–Crippen MR) is 201 cm³/mol. The van der Waals surface area contributed by atoms with Gasteiger partial charge < -0.3 is 25.3 Å². The first-order valence-corrected chi connectivity index (χ1v) is 18.0. The number of ketones is 1. The lowest BCUT2D eigenvalue weighted by Crippen LogP contribution is -2.46. The molecule has 0 fully saturated rings. The van der Waals surface area contributed by atoms with Gasteiger partial charge in [-0.05, 0) is 44.0 Å². The van der Waals surface area contributed by atoms with E-state index in [1.165, 1.54) is 0 Å². The van der Waals surface area contributed by atoms with Gasteiger partial charge in [0.05, 0.1) is 38.8 Å². The number of anilines is 2. The Balaban J connectivity index is 1.70. The number of esters is 1. The summed E-state index contributed by atoms with van der Waals surface area (Å²) in [5.74, 6) is -6.11. The normalized spacial score (nSPS) is 13.5. The molecule has 3 aromatic rings. The minimum Gasteiger partial charge on any atom is -0.467 e. The number of aromatic amines is 1. The highest BCUT2D eigenvalue weighted by Crippen LogP contribution is 2.35. The van der Waals surface area contributed by atoms with Crippen molar-refractivity contribution < 1.29 is 51.4 Å². The first-order chi connectivity index (χ1) is 26.6. The largest absolute Gasteiger partial charge is 0.471 e. The van der Waals surface area contributed by atoms with Crippen LogP contribution in [-0.2, 0) is 39.9 Å². The Bertz CT molecular complexity index is 1970. The third-order valence-electron chi connectivity index (χ3n) is 8.82. The van der Waals surface area contributed by atoms with Crippen molar-refractivity contribution in [2.45, 2.75) is 91.8 Å². The number of fused-ring (bicyclic) bond motifs is 1. The zero-order chi connectivity index (χ0) is 42.7. The molecule has 20 heteroatoms. The summed E-state index contributed by atoms with van der Waals surface area (Å²) in [7, 11) is 1.11. The molecule has 1 aromatic carbocycles. The molecule has 0 saturated carbocycles. The summed E-state index contributed by atoms with van der Waals surface area (Å²) >= 11 is 0. The molecular formula is C37H49F3N8O9. The number of hydrogen-bond acceptors (Lipinski definition) is 13. The molecule has 0 saturated heterocycles. The molecular weight excluding hydrogens is 757 g/mol. The summed E-state index contributed by atoms with van der Waals surface area (Å²) in [6.45, 7) is 10.9. The number of aromatic nitrogens is 4. The third-order valence-corrected chi connectivity index (χ3v) is 8.82. The Morgan fingerprint density at radius 3 is 2.19 bits per heavy atom. The fourth-order valence-electron chi connectivity index (χ4n) is 5.07. The highest BCUT2D eigenvalue weighted by atomic mass is 19.4. The van der Waals surface area contributed by atoms with Crippen LogP contribution < -0.4 is 26.8 Å². The van der Waals surface area contributed by atoms with Crippen LogP contribution in [0, 0.1) is 11.3 Å². The van der Waals surface area contributed by atoms with Crippen LogP contribution in [-0.4, -0.2) is 94.3 Å². The van der Waals surface area contributed by atoms with Crippen LogP contribution in [0.1, 0.15) is 83.3 Å². The maximum Gasteiger partial charge on any atom is 0.471 e. The molecule has 0 spiro atoms. The van der Waals surface area contributed by atoms with E-state index in [9.17, 15) is 41.9 Å². The second-order valence-electron chi connectivity index (χ2n) is 14.4. The number of nitrogens with zero attached hydrogens (tertiary/aromatic N) is 4. The number of Topliss-reactive ketones (excluding diaryl/α,β-unsaturated/α-hetero) is 1. The van der Waals surface area contributed by atoms with Crippen molar-refractivity contribution in [2.24, 2.45) is 17.1 Å². The molecule has 0 aliphatic heterocycles. The van der Waals surface area contributed by atoms with Crippen molar-refractivity contribution >= 4 is 52.3 Å². The van der Waals surface area contributed by atoms with Crippen molar-refractivity contribution in [1.82, 2.24) is 25.3 Å². The number of nitrogens with one attached hydrogen (secondary N) is 3. The van der Waals surface area contributed by atoms with Crippen LogP contribution in [0.5, 0.6) is 0 Å². The molecule has 5 N–H and O–H groups in total. The minimum atomic E-state index is -5.33. The summed E-state index contributed by atoms with van der Waals surface area (Å²) in [5, 5.41) is 4.89. The van der Waals surface area contributed by atoms with Crippen molar-refractivity contribution in [3.05, 3.63) is 52.1 Å². The van der Waals surface area contributed by atoms with Crippen LogP contribution >= 0.6 is 0 Å². The van der Waals surface area contributed by atoms with E-state index < -0.39 is 59.7 Å². The SMILES string of the molecule is COC(=O)[C@H](CCC(=O)CCCOC(C)(OCCN)C(C)(C)C)NC(=O)c1ccc(N(Cc2cnc3nc(NC(=O)C(C)C)[nH]c(=O)c3n2)C(=O)C(F)(F)F)cc1. The number of amides is 3. The topological polar surface area (TPSA) is 238 Å². The van der Waals surface area contributed by atoms with E-state index in [2.05, 4.69) is 30.6 Å². The number of halogens is 3.